The molecule has 3 N–H and O–H groups in total. The number of nitrogens with one attached hydrogen (secondary N) is 1. The number of hydrogen-bond acceptors (Lipinski definition) is 4. The Hall–Kier alpha value is -1.11. The van der Waals surface area contributed by atoms with E-state index >= 15 is 0 Å². The van der Waals surface area contributed by atoms with Crippen molar-refractivity contribution in [2.75, 3.05) is 18.0 Å². The molecule has 6 heteroatoms. The Morgan fingerprint density at radius 2 is 1.85 bits per heavy atom. The number of benzene rings is 1. The zero-order chi connectivity index (χ0) is 14.2. The monoisotopic (exact) mass is 295 g/mol. The van der Waals surface area contributed by atoms with Gasteiger partial charge in [0.15, 0.2) is 0 Å². The van der Waals surface area contributed by atoms with Crippen LogP contribution in [0.2, 0.25) is 0 Å². The Kier molecular flexibility index (Phi) is 3.70. The molecule has 2 fully saturated rings. The number of piperidine rings is 1. The summed E-state index contributed by atoms with van der Waals surface area (Å²) in [6.45, 7) is 1.83. The first-order valence-corrected chi connectivity index (χ1v) is 8.66. The molecule has 0 radical (unpaired) electrons. The maximum atomic E-state index is 12.1. The second kappa shape index (κ2) is 5.35. The van der Waals surface area contributed by atoms with Gasteiger partial charge in [0, 0.05) is 30.9 Å². The highest BCUT2D eigenvalue weighted by atomic mass is 32.2. The normalized spacial score (nSPS) is 23.9. The molecule has 0 amide bonds. The van der Waals surface area contributed by atoms with Crippen LogP contribution in [0.4, 0.5) is 5.69 Å². The minimum absolute atomic E-state index is 0.139. The quantitative estimate of drug-likeness (QED) is 0.871. The molecule has 110 valence electrons. The fourth-order valence-electron chi connectivity index (χ4n) is 2.57. The zero-order valence-corrected chi connectivity index (χ0v) is 12.3. The van der Waals surface area contributed by atoms with Crippen LogP contribution in [-0.2, 0) is 10.0 Å². The van der Waals surface area contributed by atoms with Gasteiger partial charge in [-0.2, -0.15) is 0 Å². The van der Waals surface area contributed by atoms with Gasteiger partial charge in [-0.15, -0.1) is 0 Å². The van der Waals surface area contributed by atoms with Gasteiger partial charge >= 0.3 is 0 Å². The predicted octanol–water partition coefficient (Wildman–Crippen LogP) is 1.05. The second-order valence-electron chi connectivity index (χ2n) is 5.74. The predicted molar refractivity (Wildman–Crippen MR) is 79.2 cm³/mol. The van der Waals surface area contributed by atoms with Crippen LogP contribution >= 0.6 is 0 Å². The van der Waals surface area contributed by atoms with Gasteiger partial charge in [-0.1, -0.05) is 0 Å². The smallest absolute Gasteiger partial charge is 0.240 e. The number of nitrogens with two attached hydrogens (primary N) is 1. The van der Waals surface area contributed by atoms with Gasteiger partial charge in [0.25, 0.3) is 0 Å². The van der Waals surface area contributed by atoms with Crippen molar-refractivity contribution >= 4 is 15.7 Å². The first-order chi connectivity index (χ1) is 9.54. The third-order valence-corrected chi connectivity index (χ3v) is 5.41. The molecule has 1 saturated heterocycles. The molecule has 3 rings (SSSR count). The Morgan fingerprint density at radius 1 is 1.15 bits per heavy atom. The third-order valence-electron chi connectivity index (χ3n) is 3.87. The van der Waals surface area contributed by atoms with Crippen molar-refractivity contribution in [3.63, 3.8) is 0 Å². The first-order valence-electron chi connectivity index (χ1n) is 7.17. The van der Waals surface area contributed by atoms with Crippen molar-refractivity contribution in [1.29, 1.82) is 0 Å². The summed E-state index contributed by atoms with van der Waals surface area (Å²) in [5, 5.41) is 0. The van der Waals surface area contributed by atoms with Crippen molar-refractivity contribution < 1.29 is 8.42 Å². The lowest BCUT2D eigenvalue weighted by Crippen LogP contribution is -2.42. The highest BCUT2D eigenvalue weighted by Gasteiger charge is 2.28. The van der Waals surface area contributed by atoms with Crippen LogP contribution < -0.4 is 15.4 Å². The third kappa shape index (κ3) is 3.13. The van der Waals surface area contributed by atoms with Crippen LogP contribution in [0.5, 0.6) is 0 Å². The molecule has 1 aromatic carbocycles. The molecular weight excluding hydrogens is 274 g/mol. The number of hydrogen-bond donors (Lipinski definition) is 2. The summed E-state index contributed by atoms with van der Waals surface area (Å²) < 4.78 is 26.8. The lowest BCUT2D eigenvalue weighted by atomic mass is 10.1. The van der Waals surface area contributed by atoms with Crippen LogP contribution in [0.25, 0.3) is 0 Å². The average molecular weight is 295 g/mol. The molecule has 2 aliphatic rings. The molecule has 0 spiro atoms. The summed E-state index contributed by atoms with van der Waals surface area (Å²) in [6.07, 6.45) is 4.05. The average Bonchev–Trinajstić information content (AvgIpc) is 3.22. The molecule has 20 heavy (non-hydrogen) atoms. The Labute approximate surface area is 120 Å². The fraction of sp³-hybridized carbons (Fsp3) is 0.571. The van der Waals surface area contributed by atoms with Crippen molar-refractivity contribution in [1.82, 2.24) is 4.72 Å². The standard InChI is InChI=1S/C14H21N3O2S/c15-11-2-1-9-17(10-11)13-5-7-14(8-6-13)20(18,19)16-12-3-4-12/h5-8,11-12,16H,1-4,9-10,15H2. The van der Waals surface area contributed by atoms with Crippen LogP contribution in [0, 0.1) is 0 Å². The summed E-state index contributed by atoms with van der Waals surface area (Å²) in [4.78, 5) is 2.56. The molecule has 1 heterocycles. The maximum Gasteiger partial charge on any atom is 0.240 e. The van der Waals surface area contributed by atoms with Crippen molar-refractivity contribution in [3.8, 4) is 0 Å². The summed E-state index contributed by atoms with van der Waals surface area (Å²) in [6, 6.07) is 7.46. The zero-order valence-electron chi connectivity index (χ0n) is 11.5. The highest BCUT2D eigenvalue weighted by Crippen LogP contribution is 2.24. The van der Waals surface area contributed by atoms with E-state index in [4.69, 9.17) is 5.73 Å². The minimum Gasteiger partial charge on any atom is -0.370 e. The molecule has 1 aliphatic carbocycles. The lowest BCUT2D eigenvalue weighted by Gasteiger charge is -2.32. The molecule has 5 nitrogen and oxygen atoms in total. The van der Waals surface area contributed by atoms with Gasteiger partial charge < -0.3 is 10.6 Å². The Morgan fingerprint density at radius 3 is 2.45 bits per heavy atom. The van der Waals surface area contributed by atoms with E-state index < -0.39 is 10.0 Å². The number of sulfonamides is 1. The second-order valence-corrected chi connectivity index (χ2v) is 7.45. The molecule has 1 saturated carbocycles. The Balaban J connectivity index is 1.73. The lowest BCUT2D eigenvalue weighted by molar-refractivity contribution is 0.506. The van der Waals surface area contributed by atoms with Crippen LogP contribution in [0.1, 0.15) is 25.7 Å². The largest absolute Gasteiger partial charge is 0.370 e. The first kappa shape index (κ1) is 13.9. The number of nitrogens with zero attached hydrogens (tertiary/aromatic N) is 1. The summed E-state index contributed by atoms with van der Waals surface area (Å²) in [5.74, 6) is 0. The SMILES string of the molecule is NC1CCCN(c2ccc(S(=O)(=O)NC3CC3)cc2)C1. The molecule has 1 atom stereocenters. The fourth-order valence-corrected chi connectivity index (χ4v) is 3.87. The van der Waals surface area contributed by atoms with E-state index in [0.717, 1.165) is 44.5 Å². The van der Waals surface area contributed by atoms with E-state index in [0.29, 0.717) is 4.90 Å². The van der Waals surface area contributed by atoms with Crippen molar-refractivity contribution in [2.45, 2.75) is 42.7 Å². The van der Waals surface area contributed by atoms with E-state index in [-0.39, 0.29) is 12.1 Å². The number of anilines is 1. The van der Waals surface area contributed by atoms with E-state index in [1.54, 1.807) is 12.1 Å². The molecule has 1 aliphatic heterocycles. The summed E-state index contributed by atoms with van der Waals surface area (Å²) >= 11 is 0. The van der Waals surface area contributed by atoms with Crippen LogP contribution in [0.15, 0.2) is 29.2 Å². The molecular formula is C14H21N3O2S. The van der Waals surface area contributed by atoms with Gasteiger partial charge in [-0.25, -0.2) is 13.1 Å². The molecule has 0 bridgehead atoms. The van der Waals surface area contributed by atoms with Crippen LogP contribution in [0.3, 0.4) is 0 Å². The molecule has 1 aromatic rings. The van der Waals surface area contributed by atoms with Crippen molar-refractivity contribution in [2.24, 2.45) is 5.73 Å². The minimum atomic E-state index is -3.35. The topological polar surface area (TPSA) is 75.4 Å². The van der Waals surface area contributed by atoms with Gasteiger partial charge in [0.1, 0.15) is 0 Å². The van der Waals surface area contributed by atoms with E-state index in [1.165, 1.54) is 0 Å². The summed E-state index contributed by atoms with van der Waals surface area (Å²) in [5.41, 5.74) is 7.02. The van der Waals surface area contributed by atoms with Gasteiger partial charge in [0.05, 0.1) is 4.90 Å². The summed E-state index contributed by atoms with van der Waals surface area (Å²) in [7, 11) is -3.35. The van der Waals surface area contributed by atoms with Gasteiger partial charge in [0.2, 0.25) is 10.0 Å². The van der Waals surface area contributed by atoms with Crippen LogP contribution in [-0.4, -0.2) is 33.6 Å². The van der Waals surface area contributed by atoms with Gasteiger partial charge in [-0.3, -0.25) is 0 Å². The van der Waals surface area contributed by atoms with E-state index in [2.05, 4.69) is 9.62 Å². The maximum absolute atomic E-state index is 12.1. The van der Waals surface area contributed by atoms with E-state index in [1.807, 2.05) is 12.1 Å². The Bertz CT molecular complexity index is 567. The highest BCUT2D eigenvalue weighted by molar-refractivity contribution is 7.89. The van der Waals surface area contributed by atoms with Gasteiger partial charge in [-0.05, 0) is 49.9 Å². The van der Waals surface area contributed by atoms with Crippen molar-refractivity contribution in [3.05, 3.63) is 24.3 Å². The molecule has 0 aromatic heterocycles. The number of rotatable bonds is 4. The van der Waals surface area contributed by atoms with E-state index in [9.17, 15) is 8.42 Å². The molecule has 1 unspecified atom stereocenters.